The SMILES string of the molecule is COC(=O)CC1(NCc2cn3cc(Cl)cc(Cl)c3n2)CCOCC1. The number of hydrogen-bond acceptors (Lipinski definition) is 5. The minimum Gasteiger partial charge on any atom is -0.469 e. The molecular weight excluding hydrogens is 353 g/mol. The molecule has 1 N–H and O–H groups in total. The summed E-state index contributed by atoms with van der Waals surface area (Å²) >= 11 is 12.2. The van der Waals surface area contributed by atoms with Crippen molar-refractivity contribution >= 4 is 34.8 Å². The quantitative estimate of drug-likeness (QED) is 0.818. The molecule has 0 unspecified atom stereocenters. The molecule has 130 valence electrons. The standard InChI is InChI=1S/C16H19Cl2N3O3/c1-23-14(22)7-16(2-4-24-5-3-16)19-8-12-10-21-9-11(17)6-13(18)15(21)20-12/h6,9-10,19H,2-5,7-8H2,1H3. The van der Waals surface area contributed by atoms with Crippen molar-refractivity contribution in [1.29, 1.82) is 0 Å². The Morgan fingerprint density at radius 3 is 2.88 bits per heavy atom. The van der Waals surface area contributed by atoms with Crippen LogP contribution < -0.4 is 5.32 Å². The Labute approximate surface area is 150 Å². The molecule has 0 spiro atoms. The third-order valence-corrected chi connectivity index (χ3v) is 4.81. The lowest BCUT2D eigenvalue weighted by atomic mass is 9.86. The zero-order valence-electron chi connectivity index (χ0n) is 13.3. The van der Waals surface area contributed by atoms with Crippen LogP contribution in [0.3, 0.4) is 0 Å². The van der Waals surface area contributed by atoms with Crippen LogP contribution in [0.1, 0.15) is 25.0 Å². The van der Waals surface area contributed by atoms with E-state index in [1.165, 1.54) is 7.11 Å². The van der Waals surface area contributed by atoms with Gasteiger partial charge in [-0.25, -0.2) is 4.98 Å². The smallest absolute Gasteiger partial charge is 0.307 e. The van der Waals surface area contributed by atoms with Crippen molar-refractivity contribution in [1.82, 2.24) is 14.7 Å². The maximum Gasteiger partial charge on any atom is 0.307 e. The van der Waals surface area contributed by atoms with Crippen LogP contribution in [0.25, 0.3) is 5.65 Å². The van der Waals surface area contributed by atoms with E-state index in [4.69, 9.17) is 32.7 Å². The van der Waals surface area contributed by atoms with Gasteiger partial charge in [-0.3, -0.25) is 4.79 Å². The fourth-order valence-corrected chi connectivity index (χ4v) is 3.49. The lowest BCUT2D eigenvalue weighted by Crippen LogP contribution is -2.50. The summed E-state index contributed by atoms with van der Waals surface area (Å²) in [7, 11) is 1.41. The molecule has 1 aliphatic heterocycles. The van der Waals surface area contributed by atoms with Crippen molar-refractivity contribution in [2.75, 3.05) is 20.3 Å². The highest BCUT2D eigenvalue weighted by molar-refractivity contribution is 6.36. The van der Waals surface area contributed by atoms with Crippen LogP contribution in [-0.4, -0.2) is 41.2 Å². The Morgan fingerprint density at radius 2 is 2.17 bits per heavy atom. The summed E-state index contributed by atoms with van der Waals surface area (Å²) < 4.78 is 12.1. The zero-order chi connectivity index (χ0) is 17.2. The van der Waals surface area contributed by atoms with Crippen LogP contribution in [0.5, 0.6) is 0 Å². The molecule has 0 atom stereocenters. The van der Waals surface area contributed by atoms with E-state index in [9.17, 15) is 4.79 Å². The first kappa shape index (κ1) is 17.5. The van der Waals surface area contributed by atoms with Gasteiger partial charge in [0, 0.05) is 37.7 Å². The average molecular weight is 372 g/mol. The van der Waals surface area contributed by atoms with Gasteiger partial charge in [0.2, 0.25) is 0 Å². The second-order valence-corrected chi connectivity index (χ2v) is 6.81. The molecule has 2 aromatic rings. The highest BCUT2D eigenvalue weighted by atomic mass is 35.5. The molecule has 8 heteroatoms. The largest absolute Gasteiger partial charge is 0.469 e. The monoisotopic (exact) mass is 371 g/mol. The zero-order valence-corrected chi connectivity index (χ0v) is 14.9. The van der Waals surface area contributed by atoms with E-state index in [2.05, 4.69) is 10.3 Å². The molecule has 6 nitrogen and oxygen atoms in total. The lowest BCUT2D eigenvalue weighted by molar-refractivity contribution is -0.143. The van der Waals surface area contributed by atoms with Crippen molar-refractivity contribution in [3.63, 3.8) is 0 Å². The number of carbonyl (C=O) groups excluding carboxylic acids is 1. The van der Waals surface area contributed by atoms with Crippen LogP contribution in [0.4, 0.5) is 0 Å². The molecule has 1 saturated heterocycles. The number of carbonyl (C=O) groups is 1. The molecule has 0 radical (unpaired) electrons. The molecule has 0 bridgehead atoms. The second kappa shape index (κ2) is 7.27. The van der Waals surface area contributed by atoms with Crippen molar-refractivity contribution in [3.05, 3.63) is 34.2 Å². The average Bonchev–Trinajstić information content (AvgIpc) is 2.97. The van der Waals surface area contributed by atoms with Gasteiger partial charge in [-0.15, -0.1) is 0 Å². The predicted molar refractivity (Wildman–Crippen MR) is 91.5 cm³/mol. The number of methoxy groups -OCH3 is 1. The number of imidazole rings is 1. The normalized spacial score (nSPS) is 17.1. The molecule has 3 heterocycles. The number of fused-ring (bicyclic) bond motifs is 1. The Kier molecular flexibility index (Phi) is 5.30. The predicted octanol–water partition coefficient (Wildman–Crippen LogP) is 2.84. The van der Waals surface area contributed by atoms with Gasteiger partial charge in [0.05, 0.1) is 29.3 Å². The van der Waals surface area contributed by atoms with E-state index < -0.39 is 0 Å². The van der Waals surface area contributed by atoms with Crippen LogP contribution in [0.2, 0.25) is 10.0 Å². The molecule has 1 aliphatic rings. The minimum atomic E-state index is -0.331. The van der Waals surface area contributed by atoms with Gasteiger partial charge < -0.3 is 19.2 Å². The molecule has 0 aliphatic carbocycles. The lowest BCUT2D eigenvalue weighted by Gasteiger charge is -2.37. The van der Waals surface area contributed by atoms with Gasteiger partial charge in [-0.05, 0) is 18.9 Å². The van der Waals surface area contributed by atoms with Crippen LogP contribution in [0.15, 0.2) is 18.5 Å². The van der Waals surface area contributed by atoms with Gasteiger partial charge >= 0.3 is 5.97 Å². The number of rotatable bonds is 5. The van der Waals surface area contributed by atoms with Gasteiger partial charge in [0.15, 0.2) is 5.65 Å². The van der Waals surface area contributed by atoms with Crippen LogP contribution >= 0.6 is 23.2 Å². The van der Waals surface area contributed by atoms with Gasteiger partial charge in [0.25, 0.3) is 0 Å². The number of ether oxygens (including phenoxy) is 2. The number of esters is 1. The van der Waals surface area contributed by atoms with Crippen LogP contribution in [0, 0.1) is 0 Å². The highest BCUT2D eigenvalue weighted by Gasteiger charge is 2.35. The third kappa shape index (κ3) is 3.83. The van der Waals surface area contributed by atoms with E-state index in [1.807, 2.05) is 6.20 Å². The van der Waals surface area contributed by atoms with Gasteiger partial charge in [-0.1, -0.05) is 23.2 Å². The van der Waals surface area contributed by atoms with Gasteiger partial charge in [-0.2, -0.15) is 0 Å². The molecule has 3 rings (SSSR count). The van der Waals surface area contributed by atoms with Crippen molar-refractivity contribution in [2.24, 2.45) is 0 Å². The molecule has 2 aromatic heterocycles. The first-order valence-electron chi connectivity index (χ1n) is 7.74. The number of hydrogen-bond donors (Lipinski definition) is 1. The number of halogens is 2. The molecule has 0 saturated carbocycles. The van der Waals surface area contributed by atoms with E-state index >= 15 is 0 Å². The summed E-state index contributed by atoms with van der Waals surface area (Å²) in [6, 6.07) is 1.67. The Bertz CT molecular complexity index is 741. The Balaban J connectivity index is 1.76. The highest BCUT2D eigenvalue weighted by Crippen LogP contribution is 2.26. The summed E-state index contributed by atoms with van der Waals surface area (Å²) in [4.78, 5) is 16.3. The van der Waals surface area contributed by atoms with E-state index in [-0.39, 0.29) is 11.5 Å². The summed E-state index contributed by atoms with van der Waals surface area (Å²) in [6.07, 6.45) is 5.46. The first-order chi connectivity index (χ1) is 11.5. The number of pyridine rings is 1. The van der Waals surface area contributed by atoms with Crippen molar-refractivity contribution in [3.8, 4) is 0 Å². The molecule has 1 fully saturated rings. The Hall–Kier alpha value is -1.34. The van der Waals surface area contributed by atoms with Gasteiger partial charge in [0.1, 0.15) is 0 Å². The second-order valence-electron chi connectivity index (χ2n) is 5.97. The van der Waals surface area contributed by atoms with Crippen LogP contribution in [-0.2, 0) is 20.8 Å². The first-order valence-corrected chi connectivity index (χ1v) is 8.49. The molecule has 0 amide bonds. The fourth-order valence-electron chi connectivity index (χ4n) is 2.97. The summed E-state index contributed by atoms with van der Waals surface area (Å²) in [5.41, 5.74) is 1.16. The molecule has 0 aromatic carbocycles. The summed E-state index contributed by atoms with van der Waals surface area (Å²) in [6.45, 7) is 1.76. The third-order valence-electron chi connectivity index (χ3n) is 4.33. The van der Waals surface area contributed by atoms with Crippen molar-refractivity contribution in [2.45, 2.75) is 31.3 Å². The maximum absolute atomic E-state index is 11.8. The number of nitrogens with one attached hydrogen (secondary N) is 1. The summed E-state index contributed by atoms with van der Waals surface area (Å²) in [5, 5.41) is 4.53. The topological polar surface area (TPSA) is 64.9 Å². The number of aromatic nitrogens is 2. The summed E-state index contributed by atoms with van der Waals surface area (Å²) in [5.74, 6) is -0.228. The molecular formula is C16H19Cl2N3O3. The maximum atomic E-state index is 11.8. The van der Waals surface area contributed by atoms with E-state index in [1.54, 1.807) is 16.7 Å². The minimum absolute atomic E-state index is 0.228. The van der Waals surface area contributed by atoms with Crippen molar-refractivity contribution < 1.29 is 14.3 Å². The van der Waals surface area contributed by atoms with E-state index in [0.29, 0.717) is 41.9 Å². The van der Waals surface area contributed by atoms with E-state index in [0.717, 1.165) is 18.5 Å². The fraction of sp³-hybridized carbons (Fsp3) is 0.500. The Morgan fingerprint density at radius 1 is 1.42 bits per heavy atom. The molecule has 24 heavy (non-hydrogen) atoms. The number of nitrogens with zero attached hydrogens (tertiary/aromatic N) is 2.